The number of aryl methyl sites for hydroxylation is 1. The van der Waals surface area contributed by atoms with Crippen LogP contribution in [0, 0.1) is 7.14 Å². The van der Waals surface area contributed by atoms with E-state index in [0.717, 1.165) is 35.2 Å². The summed E-state index contributed by atoms with van der Waals surface area (Å²) >= 11 is 4.48. The number of anilines is 1. The predicted octanol–water partition coefficient (Wildman–Crippen LogP) is 5.84. The molecule has 0 spiro atoms. The molecule has 3 N–H and O–H groups in total. The molecule has 1 aromatic heterocycles. The van der Waals surface area contributed by atoms with Crippen molar-refractivity contribution in [1.82, 2.24) is 9.97 Å². The van der Waals surface area contributed by atoms with Crippen LogP contribution in [0.25, 0.3) is 11.0 Å². The van der Waals surface area contributed by atoms with Crippen LogP contribution in [0.5, 0.6) is 17.2 Å². The SMILES string of the molecule is O=C(CCc1cc(I)c(Oc2ccc(O)cc2)c(I)c1)Nc1ccc2nc[nH]c2c1. The van der Waals surface area contributed by atoms with Gasteiger partial charge in [-0.05, 0) is 112 Å². The highest BCUT2D eigenvalue weighted by Gasteiger charge is 2.12. The Morgan fingerprint density at radius 3 is 2.53 bits per heavy atom. The monoisotopic (exact) mass is 625 g/mol. The highest BCUT2D eigenvalue weighted by Crippen LogP contribution is 2.33. The number of nitrogens with zero attached hydrogens (tertiary/aromatic N) is 1. The third-order valence-corrected chi connectivity index (χ3v) is 6.06. The number of benzene rings is 3. The number of hydrogen-bond donors (Lipinski definition) is 3. The third-order valence-electron chi connectivity index (χ3n) is 4.46. The van der Waals surface area contributed by atoms with Crippen LogP contribution >= 0.6 is 45.2 Å². The second kappa shape index (κ2) is 9.21. The van der Waals surface area contributed by atoms with E-state index in [1.807, 2.05) is 30.3 Å². The largest absolute Gasteiger partial charge is 0.508 e. The third kappa shape index (κ3) is 5.04. The molecule has 30 heavy (non-hydrogen) atoms. The fourth-order valence-electron chi connectivity index (χ4n) is 2.98. The van der Waals surface area contributed by atoms with Crippen LogP contribution in [0.15, 0.2) is 60.9 Å². The second-order valence-corrected chi connectivity index (χ2v) is 8.99. The van der Waals surface area contributed by atoms with Gasteiger partial charge in [0.05, 0.1) is 24.5 Å². The van der Waals surface area contributed by atoms with Gasteiger partial charge in [-0.2, -0.15) is 0 Å². The molecule has 0 fully saturated rings. The molecule has 6 nitrogen and oxygen atoms in total. The van der Waals surface area contributed by atoms with Gasteiger partial charge < -0.3 is 20.1 Å². The number of imidazole rings is 1. The normalized spacial score (nSPS) is 10.9. The maximum atomic E-state index is 12.4. The number of ether oxygens (including phenoxy) is 1. The molecular formula is C22H17I2N3O3. The fourth-order valence-corrected chi connectivity index (χ4v) is 5.10. The number of aromatic amines is 1. The molecular weight excluding hydrogens is 608 g/mol. The average molecular weight is 625 g/mol. The summed E-state index contributed by atoms with van der Waals surface area (Å²) in [7, 11) is 0. The maximum absolute atomic E-state index is 12.4. The van der Waals surface area contributed by atoms with Crippen molar-refractivity contribution in [2.75, 3.05) is 5.32 Å². The smallest absolute Gasteiger partial charge is 0.224 e. The first-order chi connectivity index (χ1) is 14.5. The van der Waals surface area contributed by atoms with Crippen molar-refractivity contribution in [3.63, 3.8) is 0 Å². The summed E-state index contributed by atoms with van der Waals surface area (Å²) in [5.41, 5.74) is 3.58. The number of carbonyl (C=O) groups is 1. The standard InChI is InChI=1S/C22H17I2N3O3/c23-17-9-13(10-18(24)22(17)30-16-5-3-15(28)4-6-16)1-8-21(29)27-14-2-7-19-20(11-14)26-12-25-19/h2-7,9-12,28H,1,8H2,(H,25,26)(H,27,29). The molecule has 0 saturated carbocycles. The van der Waals surface area contributed by atoms with Crippen LogP contribution < -0.4 is 10.1 Å². The molecule has 0 bridgehead atoms. The molecule has 0 unspecified atom stereocenters. The molecule has 1 amide bonds. The number of phenolic OH excluding ortho intramolecular Hbond substituents is 1. The Morgan fingerprint density at radius 1 is 1.07 bits per heavy atom. The Balaban J connectivity index is 1.39. The fraction of sp³-hybridized carbons (Fsp3) is 0.0909. The van der Waals surface area contributed by atoms with Crippen molar-refractivity contribution in [1.29, 1.82) is 0 Å². The van der Waals surface area contributed by atoms with Crippen molar-refractivity contribution >= 4 is 67.8 Å². The zero-order chi connectivity index (χ0) is 21.1. The van der Waals surface area contributed by atoms with E-state index < -0.39 is 0 Å². The van der Waals surface area contributed by atoms with E-state index in [2.05, 4.69) is 60.5 Å². The number of nitrogens with one attached hydrogen (secondary N) is 2. The number of aromatic hydroxyl groups is 1. The van der Waals surface area contributed by atoms with E-state index in [9.17, 15) is 9.90 Å². The van der Waals surface area contributed by atoms with E-state index >= 15 is 0 Å². The lowest BCUT2D eigenvalue weighted by Crippen LogP contribution is -2.12. The van der Waals surface area contributed by atoms with Crippen molar-refractivity contribution < 1.29 is 14.6 Å². The highest BCUT2D eigenvalue weighted by molar-refractivity contribution is 14.1. The van der Waals surface area contributed by atoms with Crippen molar-refractivity contribution in [3.8, 4) is 17.2 Å². The van der Waals surface area contributed by atoms with Gasteiger partial charge in [-0.3, -0.25) is 4.79 Å². The van der Waals surface area contributed by atoms with Gasteiger partial charge in [0.1, 0.15) is 11.5 Å². The molecule has 4 aromatic rings. The Hall–Kier alpha value is -2.34. The first kappa shape index (κ1) is 20.9. The van der Waals surface area contributed by atoms with Crippen LogP contribution in [-0.4, -0.2) is 21.0 Å². The molecule has 8 heteroatoms. The molecule has 0 atom stereocenters. The topological polar surface area (TPSA) is 87.2 Å². The lowest BCUT2D eigenvalue weighted by Gasteiger charge is -2.12. The van der Waals surface area contributed by atoms with Gasteiger partial charge in [0.2, 0.25) is 5.91 Å². The minimum Gasteiger partial charge on any atom is -0.508 e. The zero-order valence-corrected chi connectivity index (χ0v) is 20.0. The first-order valence-electron chi connectivity index (χ1n) is 9.16. The number of carbonyl (C=O) groups excluding carboxylic acids is 1. The molecule has 0 aliphatic rings. The van der Waals surface area contributed by atoms with Crippen LogP contribution in [-0.2, 0) is 11.2 Å². The Bertz CT molecular complexity index is 1180. The second-order valence-electron chi connectivity index (χ2n) is 6.67. The summed E-state index contributed by atoms with van der Waals surface area (Å²) in [4.78, 5) is 19.6. The predicted molar refractivity (Wildman–Crippen MR) is 133 cm³/mol. The number of halogens is 2. The summed E-state index contributed by atoms with van der Waals surface area (Å²) < 4.78 is 7.90. The lowest BCUT2D eigenvalue weighted by molar-refractivity contribution is -0.116. The maximum Gasteiger partial charge on any atom is 0.224 e. The van der Waals surface area contributed by atoms with E-state index in [1.165, 1.54) is 0 Å². The average Bonchev–Trinajstić information content (AvgIpc) is 3.18. The number of H-pyrrole nitrogens is 1. The van der Waals surface area contributed by atoms with E-state index in [4.69, 9.17) is 4.74 Å². The first-order valence-corrected chi connectivity index (χ1v) is 11.3. The minimum absolute atomic E-state index is 0.0386. The molecule has 1 heterocycles. The quantitative estimate of drug-likeness (QED) is 0.235. The Kier molecular flexibility index (Phi) is 6.42. The highest BCUT2D eigenvalue weighted by atomic mass is 127. The van der Waals surface area contributed by atoms with Gasteiger partial charge >= 0.3 is 0 Å². The molecule has 0 aliphatic heterocycles. The van der Waals surface area contributed by atoms with Crippen LogP contribution in [0.2, 0.25) is 0 Å². The van der Waals surface area contributed by atoms with Crippen molar-refractivity contribution in [3.05, 3.63) is 73.6 Å². The van der Waals surface area contributed by atoms with Gasteiger partial charge in [-0.15, -0.1) is 0 Å². The summed E-state index contributed by atoms with van der Waals surface area (Å²) in [6, 6.07) is 16.3. The van der Waals surface area contributed by atoms with Crippen molar-refractivity contribution in [2.24, 2.45) is 0 Å². The summed E-state index contributed by atoms with van der Waals surface area (Å²) in [6.07, 6.45) is 2.64. The van der Waals surface area contributed by atoms with Gasteiger partial charge in [0.15, 0.2) is 5.75 Å². The Morgan fingerprint density at radius 2 is 1.80 bits per heavy atom. The number of amides is 1. The van der Waals surface area contributed by atoms with Crippen molar-refractivity contribution in [2.45, 2.75) is 12.8 Å². The Labute approximate surface area is 200 Å². The summed E-state index contributed by atoms with van der Waals surface area (Å²) in [5, 5.41) is 12.3. The van der Waals surface area contributed by atoms with Crippen LogP contribution in [0.4, 0.5) is 5.69 Å². The molecule has 0 saturated heterocycles. The van der Waals surface area contributed by atoms with Gasteiger partial charge in [0, 0.05) is 12.1 Å². The minimum atomic E-state index is -0.0386. The molecule has 0 aliphatic carbocycles. The van der Waals surface area contributed by atoms with E-state index in [1.54, 1.807) is 30.6 Å². The van der Waals surface area contributed by atoms with E-state index in [-0.39, 0.29) is 11.7 Å². The number of rotatable bonds is 6. The molecule has 3 aromatic carbocycles. The number of aromatic nitrogens is 2. The van der Waals surface area contributed by atoms with Crippen LogP contribution in [0.3, 0.4) is 0 Å². The van der Waals surface area contributed by atoms with Gasteiger partial charge in [0.25, 0.3) is 0 Å². The van der Waals surface area contributed by atoms with Gasteiger partial charge in [-0.1, -0.05) is 0 Å². The molecule has 0 radical (unpaired) electrons. The molecule has 4 rings (SSSR count). The number of hydrogen-bond acceptors (Lipinski definition) is 4. The molecule has 152 valence electrons. The lowest BCUT2D eigenvalue weighted by atomic mass is 10.1. The number of phenols is 1. The van der Waals surface area contributed by atoms with E-state index in [0.29, 0.717) is 18.6 Å². The summed E-state index contributed by atoms with van der Waals surface area (Å²) in [5.74, 6) is 1.58. The summed E-state index contributed by atoms with van der Waals surface area (Å²) in [6.45, 7) is 0. The van der Waals surface area contributed by atoms with Gasteiger partial charge in [-0.25, -0.2) is 4.98 Å². The van der Waals surface area contributed by atoms with Crippen LogP contribution in [0.1, 0.15) is 12.0 Å². The number of fused-ring (bicyclic) bond motifs is 1. The zero-order valence-electron chi connectivity index (χ0n) is 15.7.